The fraction of sp³-hybridized carbons (Fsp3) is 0.419. The van der Waals surface area contributed by atoms with Crippen LogP contribution in [0.25, 0.3) is 0 Å². The van der Waals surface area contributed by atoms with Crippen LogP contribution < -0.4 is 5.73 Å². The Hall–Kier alpha value is -4.14. The molecule has 4 aromatic rings. The summed E-state index contributed by atoms with van der Waals surface area (Å²) in [7, 11) is 0. The van der Waals surface area contributed by atoms with E-state index in [2.05, 4.69) is 4.99 Å². The van der Waals surface area contributed by atoms with E-state index in [9.17, 15) is 13.2 Å². The van der Waals surface area contributed by atoms with Crippen molar-refractivity contribution in [2.75, 3.05) is 13.2 Å². The number of hydrogen-bond acceptors (Lipinski definition) is 9. The fourth-order valence-electron chi connectivity index (χ4n) is 5.89. The molecule has 1 aliphatic rings. The van der Waals surface area contributed by atoms with E-state index >= 15 is 0 Å². The van der Waals surface area contributed by atoms with Crippen LogP contribution in [-0.4, -0.2) is 67.8 Å². The summed E-state index contributed by atoms with van der Waals surface area (Å²) in [5, 5.41) is 0. The minimum absolute atomic E-state index is 0.0118. The zero-order chi connectivity index (χ0) is 39.1. The average molecular weight is 765 g/mol. The van der Waals surface area contributed by atoms with Crippen LogP contribution in [0.1, 0.15) is 50.3 Å². The first-order valence-electron chi connectivity index (χ1n) is 18.5. The van der Waals surface area contributed by atoms with Crippen molar-refractivity contribution in [3.05, 3.63) is 138 Å². The number of nitrogens with zero attached hydrogens (tertiary/aromatic N) is 1. The van der Waals surface area contributed by atoms with Gasteiger partial charge in [0, 0.05) is 6.61 Å². The topological polar surface area (TPSA) is 103 Å². The lowest BCUT2D eigenvalue weighted by Gasteiger charge is -2.47. The van der Waals surface area contributed by atoms with Gasteiger partial charge in [0.2, 0.25) is 6.29 Å². The van der Waals surface area contributed by atoms with Crippen molar-refractivity contribution >= 4 is 11.6 Å². The normalized spacial score (nSPS) is 21.3. The molecule has 1 heterocycles. The van der Waals surface area contributed by atoms with Gasteiger partial charge in [-0.3, -0.25) is 0 Å². The summed E-state index contributed by atoms with van der Waals surface area (Å²) < 4.78 is 88.7. The third-order valence-electron chi connectivity index (χ3n) is 8.88. The van der Waals surface area contributed by atoms with E-state index in [0.29, 0.717) is 26.0 Å². The van der Waals surface area contributed by atoms with Crippen molar-refractivity contribution in [1.82, 2.24) is 0 Å². The molecule has 0 aliphatic carbocycles. The Morgan fingerprint density at radius 3 is 1.62 bits per heavy atom. The van der Waals surface area contributed by atoms with Gasteiger partial charge in [-0.05, 0) is 69.0 Å². The van der Waals surface area contributed by atoms with E-state index in [4.69, 9.17) is 38.9 Å². The van der Waals surface area contributed by atoms with Crippen molar-refractivity contribution in [2.45, 2.75) is 102 Å². The molecule has 0 amide bonds. The molecular formula is C43H51F3N2O7. The van der Waals surface area contributed by atoms with E-state index in [-0.39, 0.29) is 31.6 Å². The molecule has 12 heteroatoms. The molecule has 1 saturated heterocycles. The number of alkyl halides is 3. The molecule has 6 unspecified atom stereocenters. The largest absolute Gasteiger partial charge is 0.468 e. The molecule has 1 aliphatic heterocycles. The van der Waals surface area contributed by atoms with Gasteiger partial charge < -0.3 is 38.9 Å². The summed E-state index contributed by atoms with van der Waals surface area (Å²) in [6, 6.07) is 35.9. The lowest BCUT2D eigenvalue weighted by Crippen LogP contribution is -2.63. The third-order valence-corrected chi connectivity index (χ3v) is 8.88. The van der Waals surface area contributed by atoms with E-state index in [0.717, 1.165) is 16.7 Å². The number of ether oxygens (including phenoxy) is 7. The maximum absolute atomic E-state index is 14.8. The summed E-state index contributed by atoms with van der Waals surface area (Å²) in [5.41, 5.74) is 7.32. The molecule has 1 fully saturated rings. The highest BCUT2D eigenvalue weighted by molar-refractivity contribution is 5.84. The molecular weight excluding hydrogens is 713 g/mol. The molecule has 55 heavy (non-hydrogen) atoms. The van der Waals surface area contributed by atoms with Gasteiger partial charge in [0.1, 0.15) is 18.3 Å². The highest BCUT2D eigenvalue weighted by atomic mass is 19.4. The van der Waals surface area contributed by atoms with Crippen LogP contribution in [0.2, 0.25) is 0 Å². The molecule has 0 saturated carbocycles. The standard InChI is InChI=1S/C43H51F3N2O7/c1-31(24-26-47)49-27-25-42(2,3)55-40-38(52-30-34-20-12-6-13-21-34)36(50-28-32-16-8-4-9-17-32)37(51-29-33-18-10-5-11-19-33)39(53-40)54-41(43(44,45)46)48-35-22-14-7-15-23-35/h4-23,31,36-40H,24-30,47H2,1-3H3. The third kappa shape index (κ3) is 13.5. The van der Waals surface area contributed by atoms with Gasteiger partial charge in [0.05, 0.1) is 37.2 Å². The monoisotopic (exact) mass is 764 g/mol. The second-order valence-electron chi connectivity index (χ2n) is 13.9. The van der Waals surface area contributed by atoms with Gasteiger partial charge in [-0.15, -0.1) is 0 Å². The zero-order valence-electron chi connectivity index (χ0n) is 31.5. The number of rotatable bonds is 19. The Bertz CT molecular complexity index is 1700. The summed E-state index contributed by atoms with van der Waals surface area (Å²) in [4.78, 5) is 3.86. The predicted octanol–water partition coefficient (Wildman–Crippen LogP) is 8.67. The Morgan fingerprint density at radius 1 is 0.691 bits per heavy atom. The van der Waals surface area contributed by atoms with Crippen molar-refractivity contribution in [1.29, 1.82) is 0 Å². The van der Waals surface area contributed by atoms with Crippen molar-refractivity contribution in [2.24, 2.45) is 10.7 Å². The number of aliphatic imine (C=N–C) groups is 1. The van der Waals surface area contributed by atoms with Crippen molar-refractivity contribution in [3.63, 3.8) is 0 Å². The lowest BCUT2D eigenvalue weighted by molar-refractivity contribution is -0.373. The number of benzene rings is 4. The Labute approximate surface area is 321 Å². The smallest absolute Gasteiger partial charge is 0.441 e. The lowest BCUT2D eigenvalue weighted by atomic mass is 10.0. The van der Waals surface area contributed by atoms with Gasteiger partial charge in [0.15, 0.2) is 6.29 Å². The van der Waals surface area contributed by atoms with Crippen LogP contribution in [0, 0.1) is 0 Å². The first kappa shape index (κ1) is 42.0. The quantitative estimate of drug-likeness (QED) is 0.0748. The SMILES string of the molecule is CC(CCN)OCCC(C)(C)OC1OC(OC(=Nc2ccccc2)C(F)(F)F)C(OCc2ccccc2)C(OCc2ccccc2)C1OCc1ccccc1. The zero-order valence-corrected chi connectivity index (χ0v) is 31.5. The highest BCUT2D eigenvalue weighted by Gasteiger charge is 2.53. The van der Waals surface area contributed by atoms with Gasteiger partial charge in [-0.2, -0.15) is 13.2 Å². The Morgan fingerprint density at radius 2 is 1.15 bits per heavy atom. The average Bonchev–Trinajstić information content (AvgIpc) is 3.17. The molecule has 4 aromatic carbocycles. The molecule has 0 spiro atoms. The van der Waals surface area contributed by atoms with Gasteiger partial charge >= 0.3 is 6.18 Å². The van der Waals surface area contributed by atoms with Crippen LogP contribution in [0.5, 0.6) is 0 Å². The van der Waals surface area contributed by atoms with Crippen LogP contribution in [0.3, 0.4) is 0 Å². The molecule has 296 valence electrons. The van der Waals surface area contributed by atoms with Crippen molar-refractivity contribution in [3.8, 4) is 0 Å². The van der Waals surface area contributed by atoms with Gasteiger partial charge in [-0.25, -0.2) is 4.99 Å². The maximum Gasteiger partial charge on any atom is 0.468 e. The molecule has 6 atom stereocenters. The first-order valence-corrected chi connectivity index (χ1v) is 18.5. The second kappa shape index (κ2) is 20.7. The molecule has 0 bridgehead atoms. The number of hydrogen-bond donors (Lipinski definition) is 1. The number of halogens is 3. The first-order chi connectivity index (χ1) is 26.5. The second-order valence-corrected chi connectivity index (χ2v) is 13.9. The molecule has 2 N–H and O–H groups in total. The van der Waals surface area contributed by atoms with E-state index in [1.807, 2.05) is 112 Å². The van der Waals surface area contributed by atoms with Crippen LogP contribution in [0.4, 0.5) is 18.9 Å². The molecule has 9 nitrogen and oxygen atoms in total. The number of nitrogens with two attached hydrogens (primary N) is 1. The summed E-state index contributed by atoms with van der Waals surface area (Å²) in [6.45, 7) is 6.71. The summed E-state index contributed by atoms with van der Waals surface area (Å²) in [6.07, 6.45) is -10.2. The van der Waals surface area contributed by atoms with E-state index < -0.39 is 48.6 Å². The highest BCUT2D eigenvalue weighted by Crippen LogP contribution is 2.36. The Kier molecular flexibility index (Phi) is 15.8. The molecule has 5 rings (SSSR count). The van der Waals surface area contributed by atoms with E-state index in [1.54, 1.807) is 18.2 Å². The van der Waals surface area contributed by atoms with Crippen LogP contribution in [0.15, 0.2) is 126 Å². The van der Waals surface area contributed by atoms with Crippen LogP contribution in [-0.2, 0) is 53.0 Å². The molecule has 0 radical (unpaired) electrons. The number of para-hydroxylation sites is 1. The summed E-state index contributed by atoms with van der Waals surface area (Å²) in [5.74, 6) is -1.51. The summed E-state index contributed by atoms with van der Waals surface area (Å²) >= 11 is 0. The Balaban J connectivity index is 1.54. The fourth-order valence-corrected chi connectivity index (χ4v) is 5.89. The minimum atomic E-state index is -4.99. The van der Waals surface area contributed by atoms with Crippen molar-refractivity contribution < 1.29 is 46.3 Å². The molecule has 0 aromatic heterocycles. The van der Waals surface area contributed by atoms with E-state index in [1.165, 1.54) is 12.1 Å². The van der Waals surface area contributed by atoms with Gasteiger partial charge in [-0.1, -0.05) is 109 Å². The van der Waals surface area contributed by atoms with Gasteiger partial charge in [0.25, 0.3) is 5.90 Å². The minimum Gasteiger partial charge on any atom is -0.441 e. The predicted molar refractivity (Wildman–Crippen MR) is 203 cm³/mol. The maximum atomic E-state index is 14.8. The van der Waals surface area contributed by atoms with Crippen LogP contribution >= 0.6 is 0 Å².